The van der Waals surface area contributed by atoms with Crippen molar-refractivity contribution in [2.45, 2.75) is 39.6 Å². The molecule has 3 N–H and O–H groups in total. The lowest BCUT2D eigenvalue weighted by atomic mass is 10.3. The minimum atomic E-state index is -0.649. The summed E-state index contributed by atoms with van der Waals surface area (Å²) in [5, 5.41) is 15.2. The van der Waals surface area contributed by atoms with Gasteiger partial charge >= 0.3 is 0 Å². The first kappa shape index (κ1) is 23.2. The molecule has 0 radical (unpaired) electrons. The number of aromatic nitrogens is 6. The Morgan fingerprint density at radius 2 is 1.54 bits per heavy atom. The first-order chi connectivity index (χ1) is 17.0. The van der Waals surface area contributed by atoms with E-state index in [4.69, 9.17) is 14.7 Å². The third-order valence-corrected chi connectivity index (χ3v) is 5.95. The van der Waals surface area contributed by atoms with Crippen molar-refractivity contribution in [3.05, 3.63) is 77.6 Å². The largest absolute Gasteiger partial charge is 0.389 e. The molecule has 0 bridgehead atoms. The average molecular weight is 474 g/mol. The van der Waals surface area contributed by atoms with Crippen molar-refractivity contribution < 1.29 is 9.84 Å². The van der Waals surface area contributed by atoms with E-state index in [0.717, 1.165) is 45.1 Å². The molecule has 182 valence electrons. The van der Waals surface area contributed by atoms with Crippen molar-refractivity contribution in [1.29, 1.82) is 0 Å². The summed E-state index contributed by atoms with van der Waals surface area (Å²) in [6.45, 7) is 6.93. The van der Waals surface area contributed by atoms with E-state index in [1.54, 1.807) is 0 Å². The number of aromatic amines is 2. The van der Waals surface area contributed by atoms with Crippen molar-refractivity contribution in [2.24, 2.45) is 0 Å². The number of rotatable bonds is 11. The highest BCUT2D eigenvalue weighted by molar-refractivity contribution is 5.75. The van der Waals surface area contributed by atoms with Crippen LogP contribution in [0.5, 0.6) is 0 Å². The summed E-state index contributed by atoms with van der Waals surface area (Å²) < 4.78 is 7.70. The van der Waals surface area contributed by atoms with Gasteiger partial charge in [-0.15, -0.1) is 0 Å². The van der Waals surface area contributed by atoms with Gasteiger partial charge < -0.3 is 19.8 Å². The second-order valence-corrected chi connectivity index (χ2v) is 8.95. The van der Waals surface area contributed by atoms with E-state index in [0.29, 0.717) is 32.8 Å². The van der Waals surface area contributed by atoms with Crippen LogP contribution < -0.4 is 0 Å². The van der Waals surface area contributed by atoms with Gasteiger partial charge in [-0.05, 0) is 44.2 Å². The molecule has 3 aromatic heterocycles. The SMILES string of the molecule is Cc1cc(C)n(CCOCC(O)CN(Cc2nc3ccccc3[nH]2)Cc2nc3ccccc3[nH]2)n1. The lowest BCUT2D eigenvalue weighted by molar-refractivity contribution is 0.00983. The van der Waals surface area contributed by atoms with Crippen LogP contribution in [0.2, 0.25) is 0 Å². The van der Waals surface area contributed by atoms with Crippen molar-refractivity contribution in [3.8, 4) is 0 Å². The molecule has 1 unspecified atom stereocenters. The van der Waals surface area contributed by atoms with Gasteiger partial charge in [0.1, 0.15) is 11.6 Å². The maximum Gasteiger partial charge on any atom is 0.121 e. The van der Waals surface area contributed by atoms with E-state index in [1.165, 1.54) is 0 Å². The van der Waals surface area contributed by atoms with E-state index in [1.807, 2.05) is 73.1 Å². The monoisotopic (exact) mass is 473 g/mol. The fourth-order valence-corrected chi connectivity index (χ4v) is 4.39. The molecule has 5 rings (SSSR count). The van der Waals surface area contributed by atoms with Gasteiger partial charge in [-0.3, -0.25) is 9.58 Å². The number of aliphatic hydroxyl groups excluding tert-OH is 1. The van der Waals surface area contributed by atoms with Gasteiger partial charge in [0, 0.05) is 12.2 Å². The molecule has 5 aromatic rings. The number of aliphatic hydroxyl groups is 1. The Bertz CT molecular complexity index is 1260. The minimum absolute atomic E-state index is 0.246. The van der Waals surface area contributed by atoms with Gasteiger partial charge in [0.25, 0.3) is 0 Å². The molecule has 3 heterocycles. The minimum Gasteiger partial charge on any atom is -0.389 e. The van der Waals surface area contributed by atoms with Gasteiger partial charge in [0.05, 0.1) is 66.7 Å². The Balaban J connectivity index is 1.23. The third-order valence-electron chi connectivity index (χ3n) is 5.95. The number of ether oxygens (including phenoxy) is 1. The predicted octanol–water partition coefficient (Wildman–Crippen LogP) is 3.33. The normalized spacial score (nSPS) is 12.8. The molecular weight excluding hydrogens is 442 g/mol. The summed E-state index contributed by atoms with van der Waals surface area (Å²) in [7, 11) is 0. The van der Waals surface area contributed by atoms with Crippen LogP contribution in [0.15, 0.2) is 54.6 Å². The Labute approximate surface area is 203 Å². The molecule has 35 heavy (non-hydrogen) atoms. The van der Waals surface area contributed by atoms with Gasteiger partial charge in [-0.25, -0.2) is 9.97 Å². The van der Waals surface area contributed by atoms with Crippen LogP contribution in [-0.2, 0) is 24.4 Å². The molecule has 0 amide bonds. The molecule has 0 saturated carbocycles. The van der Waals surface area contributed by atoms with Crippen molar-refractivity contribution in [1.82, 2.24) is 34.6 Å². The number of H-pyrrole nitrogens is 2. The van der Waals surface area contributed by atoms with Crippen LogP contribution in [-0.4, -0.2) is 65.6 Å². The number of aryl methyl sites for hydroxylation is 2. The first-order valence-corrected chi connectivity index (χ1v) is 11.9. The van der Waals surface area contributed by atoms with E-state index in [9.17, 15) is 5.11 Å². The van der Waals surface area contributed by atoms with E-state index in [2.05, 4.69) is 20.0 Å². The average Bonchev–Trinajstić information content (AvgIpc) is 3.51. The Kier molecular flexibility index (Phi) is 6.89. The van der Waals surface area contributed by atoms with Crippen LogP contribution >= 0.6 is 0 Å². The number of nitrogens with zero attached hydrogens (tertiary/aromatic N) is 5. The number of para-hydroxylation sites is 4. The first-order valence-electron chi connectivity index (χ1n) is 11.9. The lowest BCUT2D eigenvalue weighted by Crippen LogP contribution is -2.35. The molecule has 9 heteroatoms. The number of nitrogens with one attached hydrogen (secondary N) is 2. The smallest absolute Gasteiger partial charge is 0.121 e. The highest BCUT2D eigenvalue weighted by atomic mass is 16.5. The molecule has 1 atom stereocenters. The zero-order valence-electron chi connectivity index (χ0n) is 20.1. The Hall–Kier alpha value is -3.53. The van der Waals surface area contributed by atoms with Crippen LogP contribution in [0, 0.1) is 13.8 Å². The molecule has 0 aliphatic heterocycles. The molecule has 0 aliphatic carbocycles. The molecule has 9 nitrogen and oxygen atoms in total. The topological polar surface area (TPSA) is 108 Å². The second-order valence-electron chi connectivity index (χ2n) is 8.95. The van der Waals surface area contributed by atoms with E-state index < -0.39 is 6.10 Å². The summed E-state index contributed by atoms with van der Waals surface area (Å²) in [5.41, 5.74) is 5.96. The van der Waals surface area contributed by atoms with Gasteiger partial charge in [0.2, 0.25) is 0 Å². The fourth-order valence-electron chi connectivity index (χ4n) is 4.39. The summed E-state index contributed by atoms with van der Waals surface area (Å²) in [6, 6.07) is 18.0. The molecule has 0 aliphatic rings. The third kappa shape index (κ3) is 5.76. The zero-order valence-corrected chi connectivity index (χ0v) is 20.1. The highest BCUT2D eigenvalue weighted by Crippen LogP contribution is 2.16. The van der Waals surface area contributed by atoms with Crippen LogP contribution in [0.25, 0.3) is 22.1 Å². The van der Waals surface area contributed by atoms with Crippen LogP contribution in [0.4, 0.5) is 0 Å². The number of hydrogen-bond donors (Lipinski definition) is 3. The summed E-state index contributed by atoms with van der Waals surface area (Å²) in [4.78, 5) is 18.3. The standard InChI is InChI=1S/C26H31N7O2/c1-18-13-19(2)33(31-18)11-12-35-17-20(34)14-32(15-25-27-21-7-3-4-8-22(21)28-25)16-26-29-23-9-5-6-10-24(23)30-26/h3-10,13,20,34H,11-12,14-17H2,1-2H3,(H,27,28)(H,29,30). The van der Waals surface area contributed by atoms with E-state index in [-0.39, 0.29) is 6.61 Å². The molecule has 0 fully saturated rings. The number of benzene rings is 2. The molecular formula is C26H31N7O2. The van der Waals surface area contributed by atoms with Crippen molar-refractivity contribution >= 4 is 22.1 Å². The summed E-state index contributed by atoms with van der Waals surface area (Å²) in [5.74, 6) is 1.69. The van der Waals surface area contributed by atoms with Crippen LogP contribution in [0.1, 0.15) is 23.0 Å². The number of hydrogen-bond acceptors (Lipinski definition) is 6. The maximum absolute atomic E-state index is 10.8. The second kappa shape index (κ2) is 10.4. The van der Waals surface area contributed by atoms with Crippen LogP contribution in [0.3, 0.4) is 0 Å². The molecule has 0 spiro atoms. The summed E-state index contributed by atoms with van der Waals surface area (Å²) >= 11 is 0. The Morgan fingerprint density at radius 3 is 2.09 bits per heavy atom. The lowest BCUT2D eigenvalue weighted by Gasteiger charge is -2.23. The summed E-state index contributed by atoms with van der Waals surface area (Å²) in [6.07, 6.45) is -0.649. The van der Waals surface area contributed by atoms with Gasteiger partial charge in [0.15, 0.2) is 0 Å². The number of imidazole rings is 2. The van der Waals surface area contributed by atoms with Crippen molar-refractivity contribution in [2.75, 3.05) is 19.8 Å². The van der Waals surface area contributed by atoms with Gasteiger partial charge in [-0.1, -0.05) is 24.3 Å². The highest BCUT2D eigenvalue weighted by Gasteiger charge is 2.17. The predicted molar refractivity (Wildman–Crippen MR) is 135 cm³/mol. The maximum atomic E-state index is 10.8. The molecule has 2 aromatic carbocycles. The zero-order chi connectivity index (χ0) is 24.2. The number of fused-ring (bicyclic) bond motifs is 2. The van der Waals surface area contributed by atoms with Crippen molar-refractivity contribution in [3.63, 3.8) is 0 Å². The van der Waals surface area contributed by atoms with Gasteiger partial charge in [-0.2, -0.15) is 5.10 Å². The molecule has 0 saturated heterocycles. The quantitative estimate of drug-likeness (QED) is 0.254. The van der Waals surface area contributed by atoms with E-state index >= 15 is 0 Å². The fraction of sp³-hybridized carbons (Fsp3) is 0.346. The Morgan fingerprint density at radius 1 is 0.943 bits per heavy atom.